The predicted molar refractivity (Wildman–Crippen MR) is 81.8 cm³/mol. The molecule has 1 saturated carbocycles. The zero-order valence-corrected chi connectivity index (χ0v) is 12.5. The van der Waals surface area contributed by atoms with Crippen molar-refractivity contribution in [3.05, 3.63) is 53.3 Å². The first-order valence-corrected chi connectivity index (χ1v) is 7.54. The van der Waals surface area contributed by atoms with Gasteiger partial charge in [0, 0.05) is 30.3 Å². The van der Waals surface area contributed by atoms with Gasteiger partial charge in [0.1, 0.15) is 0 Å². The Morgan fingerprint density at radius 2 is 2.14 bits per heavy atom. The average molecular weight is 283 g/mol. The predicted octanol–water partition coefficient (Wildman–Crippen LogP) is 2.63. The Balaban J connectivity index is 1.55. The quantitative estimate of drug-likeness (QED) is 0.917. The zero-order valence-electron chi connectivity index (χ0n) is 12.5. The third-order valence-corrected chi connectivity index (χ3v) is 4.31. The van der Waals surface area contributed by atoms with Crippen LogP contribution in [0, 0.1) is 12.8 Å². The molecule has 1 fully saturated rings. The molecule has 1 aliphatic carbocycles. The first-order chi connectivity index (χ1) is 10.2. The molecule has 4 nitrogen and oxygen atoms in total. The second kappa shape index (κ2) is 5.72. The normalized spacial score (nSPS) is 20.3. The van der Waals surface area contributed by atoms with E-state index >= 15 is 0 Å². The van der Waals surface area contributed by atoms with E-state index in [9.17, 15) is 4.79 Å². The van der Waals surface area contributed by atoms with Gasteiger partial charge in [-0.25, -0.2) is 0 Å². The molecule has 0 radical (unpaired) electrons. The summed E-state index contributed by atoms with van der Waals surface area (Å²) in [5, 5.41) is 7.35. The van der Waals surface area contributed by atoms with E-state index in [1.165, 1.54) is 5.56 Å². The highest BCUT2D eigenvalue weighted by atomic mass is 16.2. The lowest BCUT2D eigenvalue weighted by Gasteiger charge is -2.05. The number of carbonyl (C=O) groups is 1. The molecule has 1 aromatic heterocycles. The number of aromatic nitrogens is 2. The fourth-order valence-corrected chi connectivity index (χ4v) is 2.84. The third-order valence-electron chi connectivity index (χ3n) is 4.31. The van der Waals surface area contributed by atoms with E-state index in [-0.39, 0.29) is 11.8 Å². The van der Waals surface area contributed by atoms with Crippen LogP contribution in [0.5, 0.6) is 0 Å². The minimum Gasteiger partial charge on any atom is -0.352 e. The summed E-state index contributed by atoms with van der Waals surface area (Å²) in [5.74, 6) is 0.687. The lowest BCUT2D eigenvalue weighted by Crippen LogP contribution is -2.25. The largest absolute Gasteiger partial charge is 0.352 e. The average Bonchev–Trinajstić information content (AvgIpc) is 3.24. The van der Waals surface area contributed by atoms with E-state index in [2.05, 4.69) is 29.5 Å². The number of carbonyl (C=O) groups excluding carboxylic acids is 1. The number of nitrogens with zero attached hydrogens (tertiary/aromatic N) is 2. The van der Waals surface area contributed by atoms with Crippen molar-refractivity contribution in [2.24, 2.45) is 5.92 Å². The smallest absolute Gasteiger partial charge is 0.224 e. The molecular weight excluding hydrogens is 262 g/mol. The van der Waals surface area contributed by atoms with Gasteiger partial charge >= 0.3 is 0 Å². The lowest BCUT2D eigenvalue weighted by atomic mass is 10.1. The van der Waals surface area contributed by atoms with Gasteiger partial charge < -0.3 is 5.32 Å². The number of nitrogens with one attached hydrogen (secondary N) is 1. The Kier molecular flexibility index (Phi) is 3.78. The number of hydrogen-bond donors (Lipinski definition) is 1. The van der Waals surface area contributed by atoms with Crippen molar-refractivity contribution >= 4 is 5.91 Å². The van der Waals surface area contributed by atoms with Crippen LogP contribution in [0.25, 0.3) is 0 Å². The maximum atomic E-state index is 12.2. The van der Waals surface area contributed by atoms with Gasteiger partial charge in [-0.2, -0.15) is 5.10 Å². The Bertz CT molecular complexity index is 633. The molecule has 1 aliphatic rings. The van der Waals surface area contributed by atoms with Gasteiger partial charge in [0.25, 0.3) is 0 Å². The first kappa shape index (κ1) is 13.9. The molecule has 1 heterocycles. The minimum absolute atomic E-state index is 0.133. The van der Waals surface area contributed by atoms with Crippen molar-refractivity contribution in [1.82, 2.24) is 15.1 Å². The second-order valence-electron chi connectivity index (χ2n) is 5.65. The molecule has 1 aromatic carbocycles. The molecule has 2 atom stereocenters. The first-order valence-electron chi connectivity index (χ1n) is 7.54. The summed E-state index contributed by atoms with van der Waals surface area (Å²) in [5.41, 5.74) is 3.50. The third kappa shape index (κ3) is 2.84. The van der Waals surface area contributed by atoms with E-state index < -0.39 is 0 Å². The van der Waals surface area contributed by atoms with E-state index in [0.29, 0.717) is 12.5 Å². The molecule has 1 amide bonds. The SMILES string of the molecule is CCn1ncc(CNC(=O)C2CC2c2ccccc2)c1C. The molecule has 1 N–H and O–H groups in total. The van der Waals surface area contributed by atoms with Crippen LogP contribution in [0.15, 0.2) is 36.5 Å². The number of benzene rings is 1. The van der Waals surface area contributed by atoms with Crippen molar-refractivity contribution in [3.63, 3.8) is 0 Å². The van der Waals surface area contributed by atoms with Crippen LogP contribution >= 0.6 is 0 Å². The van der Waals surface area contributed by atoms with Gasteiger partial charge in [-0.05, 0) is 31.7 Å². The van der Waals surface area contributed by atoms with Crippen LogP contribution in [-0.2, 0) is 17.9 Å². The molecule has 0 spiro atoms. The van der Waals surface area contributed by atoms with Gasteiger partial charge in [0.05, 0.1) is 6.20 Å². The zero-order chi connectivity index (χ0) is 14.8. The summed E-state index contributed by atoms with van der Waals surface area (Å²) in [6.07, 6.45) is 2.81. The lowest BCUT2D eigenvalue weighted by molar-refractivity contribution is -0.122. The molecule has 3 rings (SSSR count). The van der Waals surface area contributed by atoms with Crippen molar-refractivity contribution in [3.8, 4) is 0 Å². The number of rotatable bonds is 5. The highest BCUT2D eigenvalue weighted by Crippen LogP contribution is 2.47. The summed E-state index contributed by atoms with van der Waals surface area (Å²) >= 11 is 0. The summed E-state index contributed by atoms with van der Waals surface area (Å²) in [6.45, 7) is 5.54. The van der Waals surface area contributed by atoms with Gasteiger partial charge in [0.15, 0.2) is 0 Å². The van der Waals surface area contributed by atoms with E-state index in [1.54, 1.807) is 0 Å². The summed E-state index contributed by atoms with van der Waals surface area (Å²) in [4.78, 5) is 12.2. The molecular formula is C17H21N3O. The Morgan fingerprint density at radius 3 is 2.81 bits per heavy atom. The van der Waals surface area contributed by atoms with Crippen molar-refractivity contribution in [2.45, 2.75) is 39.3 Å². The molecule has 21 heavy (non-hydrogen) atoms. The Morgan fingerprint density at radius 1 is 1.38 bits per heavy atom. The van der Waals surface area contributed by atoms with Crippen molar-refractivity contribution in [1.29, 1.82) is 0 Å². The molecule has 0 saturated heterocycles. The molecule has 2 unspecified atom stereocenters. The summed E-state index contributed by atoms with van der Waals surface area (Å²) in [6, 6.07) is 10.3. The molecule has 4 heteroatoms. The van der Waals surface area contributed by atoms with Gasteiger partial charge in [-0.3, -0.25) is 9.48 Å². The maximum absolute atomic E-state index is 12.2. The highest BCUT2D eigenvalue weighted by Gasteiger charge is 2.43. The van der Waals surface area contributed by atoms with Gasteiger partial charge in [0.2, 0.25) is 5.91 Å². The van der Waals surface area contributed by atoms with E-state index in [1.807, 2.05) is 36.0 Å². The van der Waals surface area contributed by atoms with E-state index in [0.717, 1.165) is 24.2 Å². The van der Waals surface area contributed by atoms with Crippen LogP contribution in [0.3, 0.4) is 0 Å². The summed E-state index contributed by atoms with van der Waals surface area (Å²) in [7, 11) is 0. The van der Waals surface area contributed by atoms with Gasteiger partial charge in [-0.15, -0.1) is 0 Å². The van der Waals surface area contributed by atoms with Crippen LogP contribution in [-0.4, -0.2) is 15.7 Å². The molecule has 110 valence electrons. The topological polar surface area (TPSA) is 46.9 Å². The van der Waals surface area contributed by atoms with Crippen molar-refractivity contribution in [2.75, 3.05) is 0 Å². The standard InChI is InChI=1S/C17H21N3O/c1-3-20-12(2)14(11-19-20)10-18-17(21)16-9-15(16)13-7-5-4-6-8-13/h4-8,11,15-16H,3,9-10H2,1-2H3,(H,18,21). The van der Waals surface area contributed by atoms with Crippen LogP contribution < -0.4 is 5.32 Å². The van der Waals surface area contributed by atoms with Crippen LogP contribution in [0.2, 0.25) is 0 Å². The Labute approximate surface area is 125 Å². The molecule has 0 aliphatic heterocycles. The summed E-state index contributed by atoms with van der Waals surface area (Å²) < 4.78 is 1.95. The molecule has 2 aromatic rings. The fourth-order valence-electron chi connectivity index (χ4n) is 2.84. The Hall–Kier alpha value is -2.10. The monoisotopic (exact) mass is 283 g/mol. The van der Waals surface area contributed by atoms with Crippen LogP contribution in [0.4, 0.5) is 0 Å². The van der Waals surface area contributed by atoms with E-state index in [4.69, 9.17) is 0 Å². The fraction of sp³-hybridized carbons (Fsp3) is 0.412. The number of hydrogen-bond acceptors (Lipinski definition) is 2. The maximum Gasteiger partial charge on any atom is 0.224 e. The highest BCUT2D eigenvalue weighted by molar-refractivity contribution is 5.82. The second-order valence-corrected chi connectivity index (χ2v) is 5.65. The molecule has 0 bridgehead atoms. The van der Waals surface area contributed by atoms with Crippen LogP contribution in [0.1, 0.15) is 36.1 Å². The number of amides is 1. The van der Waals surface area contributed by atoms with Crippen molar-refractivity contribution < 1.29 is 4.79 Å². The minimum atomic E-state index is 0.133. The van der Waals surface area contributed by atoms with Gasteiger partial charge in [-0.1, -0.05) is 30.3 Å². The number of aryl methyl sites for hydroxylation is 1.